The standard InChI is InChI=1S/C18H22ClNO3S/c1-3-18(23-2,16-7-5-4-6-8-16)14-20-24(21,22)13-15-9-11-17(19)12-10-15/h4-12,20H,3,13-14H2,1-2H3. The Hall–Kier alpha value is -1.40. The zero-order chi connectivity index (χ0) is 17.6. The number of hydrogen-bond acceptors (Lipinski definition) is 3. The molecule has 0 saturated carbocycles. The highest BCUT2D eigenvalue weighted by atomic mass is 35.5. The van der Waals surface area contributed by atoms with Gasteiger partial charge < -0.3 is 4.74 Å². The molecule has 0 fully saturated rings. The Morgan fingerprint density at radius 1 is 1.08 bits per heavy atom. The molecule has 1 unspecified atom stereocenters. The van der Waals surface area contributed by atoms with Crippen LogP contribution >= 0.6 is 11.6 Å². The number of sulfonamides is 1. The molecule has 24 heavy (non-hydrogen) atoms. The molecule has 2 aromatic rings. The maximum Gasteiger partial charge on any atom is 0.215 e. The summed E-state index contributed by atoms with van der Waals surface area (Å²) in [5.74, 6) is -0.0948. The number of rotatable bonds is 8. The third kappa shape index (κ3) is 4.80. The average Bonchev–Trinajstić information content (AvgIpc) is 2.59. The summed E-state index contributed by atoms with van der Waals surface area (Å²) in [5, 5.41) is 0.581. The van der Waals surface area contributed by atoms with Gasteiger partial charge in [0.15, 0.2) is 0 Å². The van der Waals surface area contributed by atoms with E-state index in [1.165, 1.54) is 0 Å². The second-order valence-corrected chi connectivity index (χ2v) is 7.87. The van der Waals surface area contributed by atoms with E-state index in [0.29, 0.717) is 17.0 Å². The van der Waals surface area contributed by atoms with Crippen molar-refractivity contribution in [3.05, 3.63) is 70.7 Å². The number of nitrogens with one attached hydrogen (secondary N) is 1. The van der Waals surface area contributed by atoms with Gasteiger partial charge in [0.1, 0.15) is 5.60 Å². The summed E-state index contributed by atoms with van der Waals surface area (Å²) >= 11 is 5.83. The molecule has 1 atom stereocenters. The Labute approximate surface area is 148 Å². The van der Waals surface area contributed by atoms with Crippen LogP contribution in [0.2, 0.25) is 5.02 Å². The summed E-state index contributed by atoms with van der Waals surface area (Å²) in [6, 6.07) is 16.4. The molecule has 0 aliphatic rings. The molecule has 2 rings (SSSR count). The van der Waals surface area contributed by atoms with E-state index >= 15 is 0 Å². The fourth-order valence-corrected chi connectivity index (χ4v) is 3.90. The summed E-state index contributed by atoms with van der Waals surface area (Å²) in [4.78, 5) is 0. The van der Waals surface area contributed by atoms with Crippen molar-refractivity contribution >= 4 is 21.6 Å². The van der Waals surface area contributed by atoms with Gasteiger partial charge in [-0.25, -0.2) is 13.1 Å². The first kappa shape index (κ1) is 18.9. The summed E-state index contributed by atoms with van der Waals surface area (Å²) in [6.45, 7) is 2.16. The number of halogens is 1. The van der Waals surface area contributed by atoms with Crippen LogP contribution in [-0.2, 0) is 26.1 Å². The minimum atomic E-state index is -3.48. The van der Waals surface area contributed by atoms with Gasteiger partial charge in [-0.05, 0) is 29.7 Å². The van der Waals surface area contributed by atoms with Gasteiger partial charge in [0.2, 0.25) is 10.0 Å². The van der Waals surface area contributed by atoms with Crippen LogP contribution in [0.1, 0.15) is 24.5 Å². The van der Waals surface area contributed by atoms with E-state index in [1.54, 1.807) is 31.4 Å². The van der Waals surface area contributed by atoms with Gasteiger partial charge in [0.05, 0.1) is 5.75 Å². The van der Waals surface area contributed by atoms with E-state index in [4.69, 9.17) is 16.3 Å². The fourth-order valence-electron chi connectivity index (χ4n) is 2.59. The third-order valence-corrected chi connectivity index (χ3v) is 5.66. The van der Waals surface area contributed by atoms with Crippen LogP contribution in [0.25, 0.3) is 0 Å². The Morgan fingerprint density at radius 2 is 1.71 bits per heavy atom. The van der Waals surface area contributed by atoms with Crippen LogP contribution in [0.5, 0.6) is 0 Å². The smallest absolute Gasteiger partial charge is 0.215 e. The van der Waals surface area contributed by atoms with E-state index in [0.717, 1.165) is 5.56 Å². The molecule has 130 valence electrons. The molecular formula is C18H22ClNO3S. The Balaban J connectivity index is 2.12. The normalized spacial score (nSPS) is 14.3. The van der Waals surface area contributed by atoms with Gasteiger partial charge in [-0.15, -0.1) is 0 Å². The van der Waals surface area contributed by atoms with Gasteiger partial charge >= 0.3 is 0 Å². The lowest BCUT2D eigenvalue weighted by Crippen LogP contribution is -2.42. The quantitative estimate of drug-likeness (QED) is 0.773. The monoisotopic (exact) mass is 367 g/mol. The van der Waals surface area contributed by atoms with Crippen LogP contribution in [0.4, 0.5) is 0 Å². The molecule has 4 nitrogen and oxygen atoms in total. The average molecular weight is 368 g/mol. The van der Waals surface area contributed by atoms with Crippen LogP contribution in [0.3, 0.4) is 0 Å². The van der Waals surface area contributed by atoms with Crippen LogP contribution in [-0.4, -0.2) is 22.1 Å². The molecule has 1 N–H and O–H groups in total. The van der Waals surface area contributed by atoms with Crippen molar-refractivity contribution in [2.45, 2.75) is 24.7 Å². The molecule has 0 bridgehead atoms. The first-order valence-electron chi connectivity index (χ1n) is 7.73. The lowest BCUT2D eigenvalue weighted by molar-refractivity contribution is -0.0133. The lowest BCUT2D eigenvalue weighted by atomic mass is 9.91. The number of benzene rings is 2. The van der Waals surface area contributed by atoms with Crippen LogP contribution in [0.15, 0.2) is 54.6 Å². The first-order valence-corrected chi connectivity index (χ1v) is 9.76. The fraction of sp³-hybridized carbons (Fsp3) is 0.333. The van der Waals surface area contributed by atoms with Crippen molar-refractivity contribution in [2.75, 3.05) is 13.7 Å². The van der Waals surface area contributed by atoms with E-state index in [1.807, 2.05) is 37.3 Å². The maximum absolute atomic E-state index is 12.4. The van der Waals surface area contributed by atoms with Crippen molar-refractivity contribution in [2.24, 2.45) is 0 Å². The zero-order valence-corrected chi connectivity index (χ0v) is 15.4. The van der Waals surface area contributed by atoms with Crippen molar-refractivity contribution < 1.29 is 13.2 Å². The van der Waals surface area contributed by atoms with Gasteiger partial charge in [0, 0.05) is 18.7 Å². The highest BCUT2D eigenvalue weighted by molar-refractivity contribution is 7.88. The third-order valence-electron chi connectivity index (χ3n) is 4.11. The Morgan fingerprint density at radius 3 is 2.25 bits per heavy atom. The molecule has 0 spiro atoms. The molecule has 0 aromatic heterocycles. The Kier molecular flexibility index (Phi) is 6.40. The predicted octanol–water partition coefficient (Wildman–Crippen LogP) is 3.71. The minimum Gasteiger partial charge on any atom is -0.372 e. The molecule has 0 radical (unpaired) electrons. The van der Waals surface area contributed by atoms with Gasteiger partial charge in [0.25, 0.3) is 0 Å². The van der Waals surface area contributed by atoms with Crippen molar-refractivity contribution in [1.82, 2.24) is 4.72 Å². The highest BCUT2D eigenvalue weighted by Gasteiger charge is 2.31. The number of hydrogen-bond donors (Lipinski definition) is 1. The van der Waals surface area contributed by atoms with E-state index < -0.39 is 15.6 Å². The topological polar surface area (TPSA) is 55.4 Å². The van der Waals surface area contributed by atoms with E-state index in [2.05, 4.69) is 4.72 Å². The molecule has 0 aliphatic heterocycles. The molecular weight excluding hydrogens is 346 g/mol. The van der Waals surface area contributed by atoms with E-state index in [-0.39, 0.29) is 12.3 Å². The lowest BCUT2D eigenvalue weighted by Gasteiger charge is -2.32. The molecule has 0 heterocycles. The summed E-state index contributed by atoms with van der Waals surface area (Å²) in [5.41, 5.74) is 0.948. The second kappa shape index (κ2) is 8.12. The molecule has 0 amide bonds. The summed E-state index contributed by atoms with van der Waals surface area (Å²) in [7, 11) is -1.88. The molecule has 0 aliphatic carbocycles. The van der Waals surface area contributed by atoms with Crippen LogP contribution in [0, 0.1) is 0 Å². The van der Waals surface area contributed by atoms with Crippen molar-refractivity contribution in [3.8, 4) is 0 Å². The van der Waals surface area contributed by atoms with E-state index in [9.17, 15) is 8.42 Å². The summed E-state index contributed by atoms with van der Waals surface area (Å²) < 4.78 is 33.2. The van der Waals surface area contributed by atoms with Crippen molar-refractivity contribution in [1.29, 1.82) is 0 Å². The summed E-state index contributed by atoms with van der Waals surface area (Å²) in [6.07, 6.45) is 0.650. The van der Waals surface area contributed by atoms with Gasteiger partial charge in [-0.3, -0.25) is 0 Å². The minimum absolute atomic E-state index is 0.0948. The van der Waals surface area contributed by atoms with Crippen LogP contribution < -0.4 is 4.72 Å². The van der Waals surface area contributed by atoms with Gasteiger partial charge in [-0.1, -0.05) is 61.0 Å². The number of ether oxygens (including phenoxy) is 1. The molecule has 2 aromatic carbocycles. The SMILES string of the molecule is CCC(CNS(=O)(=O)Cc1ccc(Cl)cc1)(OC)c1ccccc1. The number of methoxy groups -OCH3 is 1. The molecule has 6 heteroatoms. The van der Waals surface area contributed by atoms with Gasteiger partial charge in [-0.2, -0.15) is 0 Å². The predicted molar refractivity (Wildman–Crippen MR) is 97.5 cm³/mol. The zero-order valence-electron chi connectivity index (χ0n) is 13.8. The maximum atomic E-state index is 12.4. The van der Waals surface area contributed by atoms with Crippen molar-refractivity contribution in [3.63, 3.8) is 0 Å². The largest absolute Gasteiger partial charge is 0.372 e. The Bertz CT molecular complexity index is 742. The highest BCUT2D eigenvalue weighted by Crippen LogP contribution is 2.28. The molecule has 0 saturated heterocycles. The first-order chi connectivity index (χ1) is 11.4. The second-order valence-electron chi connectivity index (χ2n) is 5.62.